The Morgan fingerprint density at radius 2 is 2.19 bits per heavy atom. The van der Waals surface area contributed by atoms with Crippen molar-refractivity contribution < 1.29 is 4.39 Å². The Morgan fingerprint density at radius 3 is 2.81 bits per heavy atom. The third-order valence-electron chi connectivity index (χ3n) is 3.49. The highest BCUT2D eigenvalue weighted by Gasteiger charge is 2.18. The number of nitrogens with one attached hydrogen (secondary N) is 1. The minimum atomic E-state index is -0.106. The molecule has 0 aliphatic carbocycles. The molecule has 0 aromatic heterocycles. The highest BCUT2D eigenvalue weighted by Crippen LogP contribution is 2.27. The molecule has 0 bridgehead atoms. The molecule has 0 radical (unpaired) electrons. The summed E-state index contributed by atoms with van der Waals surface area (Å²) in [5.74, 6) is -0.106. The lowest BCUT2D eigenvalue weighted by Gasteiger charge is -2.16. The van der Waals surface area contributed by atoms with Crippen LogP contribution in [-0.2, 0) is 6.42 Å². The van der Waals surface area contributed by atoms with E-state index in [1.165, 1.54) is 18.4 Å². The van der Waals surface area contributed by atoms with Gasteiger partial charge in [0, 0.05) is 10.5 Å². The third-order valence-corrected chi connectivity index (χ3v) is 4.31. The first-order valence-electron chi connectivity index (χ1n) is 5.77. The van der Waals surface area contributed by atoms with Gasteiger partial charge < -0.3 is 5.32 Å². The van der Waals surface area contributed by atoms with Gasteiger partial charge in [-0.15, -0.1) is 0 Å². The molecule has 0 saturated carbocycles. The Balaban J connectivity index is 2.31. The van der Waals surface area contributed by atoms with Crippen LogP contribution in [0.25, 0.3) is 0 Å². The zero-order valence-corrected chi connectivity index (χ0v) is 11.3. The van der Waals surface area contributed by atoms with Crippen LogP contribution in [0, 0.1) is 19.7 Å². The summed E-state index contributed by atoms with van der Waals surface area (Å²) in [4.78, 5) is 0. The Bertz CT molecular complexity index is 371. The first kappa shape index (κ1) is 12.1. The Kier molecular flexibility index (Phi) is 3.65. The first-order chi connectivity index (χ1) is 7.59. The van der Waals surface area contributed by atoms with Crippen molar-refractivity contribution in [2.45, 2.75) is 39.2 Å². The summed E-state index contributed by atoms with van der Waals surface area (Å²) in [5, 5.41) is 3.46. The van der Waals surface area contributed by atoms with Crippen molar-refractivity contribution in [2.24, 2.45) is 0 Å². The molecule has 2 rings (SSSR count). The maximum atomic E-state index is 13.6. The van der Waals surface area contributed by atoms with Crippen LogP contribution in [-0.4, -0.2) is 12.6 Å². The van der Waals surface area contributed by atoms with E-state index in [4.69, 9.17) is 0 Å². The summed E-state index contributed by atoms with van der Waals surface area (Å²) < 4.78 is 14.5. The molecular weight excluding hydrogens is 269 g/mol. The summed E-state index contributed by atoms with van der Waals surface area (Å²) >= 11 is 3.42. The number of hydrogen-bond donors (Lipinski definition) is 1. The van der Waals surface area contributed by atoms with Crippen LogP contribution >= 0.6 is 15.9 Å². The van der Waals surface area contributed by atoms with Crippen molar-refractivity contribution in [2.75, 3.05) is 6.54 Å². The molecule has 88 valence electrons. The Labute approximate surface area is 105 Å². The van der Waals surface area contributed by atoms with Crippen molar-refractivity contribution in [1.82, 2.24) is 5.32 Å². The summed E-state index contributed by atoms with van der Waals surface area (Å²) in [6.45, 7) is 5.03. The fourth-order valence-corrected chi connectivity index (χ4v) is 2.82. The molecular formula is C13H17BrFN. The molecule has 1 aromatic carbocycles. The summed E-state index contributed by atoms with van der Waals surface area (Å²) in [7, 11) is 0. The molecule has 1 unspecified atom stereocenters. The van der Waals surface area contributed by atoms with Crippen LogP contribution < -0.4 is 5.32 Å². The molecule has 0 spiro atoms. The summed E-state index contributed by atoms with van der Waals surface area (Å²) in [6, 6.07) is 2.09. The first-order valence-corrected chi connectivity index (χ1v) is 6.56. The molecule has 1 aliphatic rings. The van der Waals surface area contributed by atoms with Crippen molar-refractivity contribution in [3.63, 3.8) is 0 Å². The van der Waals surface area contributed by atoms with E-state index in [0.29, 0.717) is 6.04 Å². The van der Waals surface area contributed by atoms with Crippen molar-refractivity contribution in [3.05, 3.63) is 33.0 Å². The third kappa shape index (κ3) is 2.30. The van der Waals surface area contributed by atoms with Gasteiger partial charge in [0.25, 0.3) is 0 Å². The van der Waals surface area contributed by atoms with E-state index in [1.807, 2.05) is 6.92 Å². The van der Waals surface area contributed by atoms with Crippen LogP contribution in [0.3, 0.4) is 0 Å². The van der Waals surface area contributed by atoms with Crippen LogP contribution in [0.2, 0.25) is 0 Å². The normalized spacial score (nSPS) is 20.4. The van der Waals surface area contributed by atoms with Gasteiger partial charge in [-0.2, -0.15) is 0 Å². The van der Waals surface area contributed by atoms with Crippen molar-refractivity contribution in [3.8, 4) is 0 Å². The molecule has 1 aliphatic heterocycles. The summed E-state index contributed by atoms with van der Waals surface area (Å²) in [6.07, 6.45) is 3.38. The van der Waals surface area contributed by atoms with Gasteiger partial charge >= 0.3 is 0 Å². The highest BCUT2D eigenvalue weighted by molar-refractivity contribution is 9.10. The topological polar surface area (TPSA) is 12.0 Å². The van der Waals surface area contributed by atoms with Gasteiger partial charge in [0.15, 0.2) is 0 Å². The number of hydrogen-bond acceptors (Lipinski definition) is 1. The van der Waals surface area contributed by atoms with Gasteiger partial charge in [-0.05, 0) is 62.4 Å². The predicted octanol–water partition coefficient (Wildman–Crippen LogP) is 3.50. The molecule has 16 heavy (non-hydrogen) atoms. The smallest absolute Gasteiger partial charge is 0.127 e. The lowest BCUT2D eigenvalue weighted by molar-refractivity contribution is 0.583. The molecule has 0 amide bonds. The van der Waals surface area contributed by atoms with Gasteiger partial charge in [-0.1, -0.05) is 15.9 Å². The minimum absolute atomic E-state index is 0.106. The number of rotatable bonds is 2. The second kappa shape index (κ2) is 4.84. The number of benzene rings is 1. The largest absolute Gasteiger partial charge is 0.314 e. The quantitative estimate of drug-likeness (QED) is 0.877. The summed E-state index contributed by atoms with van der Waals surface area (Å²) in [5.41, 5.74) is 3.13. The van der Waals surface area contributed by atoms with Gasteiger partial charge in [0.05, 0.1) is 0 Å². The van der Waals surface area contributed by atoms with E-state index in [0.717, 1.165) is 28.6 Å². The van der Waals surface area contributed by atoms with E-state index >= 15 is 0 Å². The van der Waals surface area contributed by atoms with E-state index in [2.05, 4.69) is 28.2 Å². The number of halogens is 2. The molecule has 1 aromatic rings. The second-order valence-electron chi connectivity index (χ2n) is 4.57. The second-order valence-corrected chi connectivity index (χ2v) is 5.42. The minimum Gasteiger partial charge on any atom is -0.314 e. The maximum absolute atomic E-state index is 13.6. The van der Waals surface area contributed by atoms with Crippen molar-refractivity contribution >= 4 is 15.9 Å². The average molecular weight is 286 g/mol. The molecule has 1 atom stereocenters. The monoisotopic (exact) mass is 285 g/mol. The fraction of sp³-hybridized carbons (Fsp3) is 0.538. The Morgan fingerprint density at radius 1 is 1.44 bits per heavy atom. The molecule has 1 fully saturated rings. The molecule has 1 N–H and O–H groups in total. The van der Waals surface area contributed by atoms with Crippen LogP contribution in [0.15, 0.2) is 10.5 Å². The molecule has 1 nitrogen and oxygen atoms in total. The molecule has 3 heteroatoms. The molecule has 1 saturated heterocycles. The fourth-order valence-electron chi connectivity index (χ4n) is 2.38. The zero-order valence-electron chi connectivity index (χ0n) is 9.74. The standard InChI is InChI=1S/C13H17BrFN/c1-8-11(6-10-4-3-5-16-10)9(2)13(15)7-12(8)14/h7,10,16H,3-6H2,1-2H3. The predicted molar refractivity (Wildman–Crippen MR) is 68.3 cm³/mol. The van der Waals surface area contributed by atoms with Crippen LogP contribution in [0.1, 0.15) is 29.5 Å². The van der Waals surface area contributed by atoms with E-state index in [1.54, 1.807) is 6.07 Å². The van der Waals surface area contributed by atoms with E-state index in [9.17, 15) is 4.39 Å². The highest BCUT2D eigenvalue weighted by atomic mass is 79.9. The van der Waals surface area contributed by atoms with E-state index in [-0.39, 0.29) is 5.82 Å². The molecule has 1 heterocycles. The Hall–Kier alpha value is -0.410. The lowest BCUT2D eigenvalue weighted by atomic mass is 9.95. The van der Waals surface area contributed by atoms with E-state index < -0.39 is 0 Å². The van der Waals surface area contributed by atoms with Gasteiger partial charge in [-0.3, -0.25) is 0 Å². The SMILES string of the molecule is Cc1c(F)cc(Br)c(C)c1CC1CCCN1. The van der Waals surface area contributed by atoms with Crippen LogP contribution in [0.4, 0.5) is 4.39 Å². The lowest BCUT2D eigenvalue weighted by Crippen LogP contribution is -2.24. The average Bonchev–Trinajstić information content (AvgIpc) is 2.74. The van der Waals surface area contributed by atoms with Gasteiger partial charge in [0.2, 0.25) is 0 Å². The van der Waals surface area contributed by atoms with Gasteiger partial charge in [-0.25, -0.2) is 4.39 Å². The van der Waals surface area contributed by atoms with Crippen LogP contribution in [0.5, 0.6) is 0 Å². The zero-order chi connectivity index (χ0) is 11.7. The maximum Gasteiger partial charge on any atom is 0.127 e. The van der Waals surface area contributed by atoms with Gasteiger partial charge in [0.1, 0.15) is 5.82 Å². The van der Waals surface area contributed by atoms with Crippen molar-refractivity contribution in [1.29, 1.82) is 0 Å².